The van der Waals surface area contributed by atoms with Gasteiger partial charge in [-0.05, 0) is 13.0 Å². The standard InChI is InChI=1S/C13H14N4/c1-2-17-13-6-4-3-5-11(13)12(15-17)9-16-8-7-14-10-16/h3-8,10H,2,9H2,1H3. The molecule has 4 nitrogen and oxygen atoms in total. The maximum absolute atomic E-state index is 4.65. The van der Waals surface area contributed by atoms with Crippen LogP contribution in [0.3, 0.4) is 0 Å². The number of fused-ring (bicyclic) bond motifs is 1. The number of para-hydroxylation sites is 1. The Balaban J connectivity index is 2.10. The fourth-order valence-corrected chi connectivity index (χ4v) is 2.11. The lowest BCUT2D eigenvalue weighted by atomic mass is 10.2. The molecule has 0 atom stereocenters. The number of hydrogen-bond acceptors (Lipinski definition) is 2. The summed E-state index contributed by atoms with van der Waals surface area (Å²) in [5, 5.41) is 5.88. The van der Waals surface area contributed by atoms with Crippen LogP contribution in [0.5, 0.6) is 0 Å². The molecular formula is C13H14N4. The second-order valence-electron chi connectivity index (χ2n) is 4.01. The molecular weight excluding hydrogens is 212 g/mol. The molecule has 1 aromatic carbocycles. The first-order valence-corrected chi connectivity index (χ1v) is 5.78. The minimum atomic E-state index is 0.771. The van der Waals surface area contributed by atoms with Crippen LogP contribution in [0.15, 0.2) is 43.0 Å². The summed E-state index contributed by atoms with van der Waals surface area (Å²) in [5.74, 6) is 0. The Morgan fingerprint density at radius 3 is 2.88 bits per heavy atom. The molecule has 3 aromatic rings. The summed E-state index contributed by atoms with van der Waals surface area (Å²) >= 11 is 0. The number of hydrogen-bond donors (Lipinski definition) is 0. The first kappa shape index (κ1) is 10.1. The van der Waals surface area contributed by atoms with Crippen LogP contribution in [0.4, 0.5) is 0 Å². The van der Waals surface area contributed by atoms with Gasteiger partial charge in [0.1, 0.15) is 0 Å². The van der Waals surface area contributed by atoms with Crippen molar-refractivity contribution >= 4 is 10.9 Å². The fraction of sp³-hybridized carbons (Fsp3) is 0.231. The largest absolute Gasteiger partial charge is 0.331 e. The van der Waals surface area contributed by atoms with Crippen molar-refractivity contribution in [2.24, 2.45) is 0 Å². The molecule has 0 aliphatic carbocycles. The summed E-state index contributed by atoms with van der Waals surface area (Å²) in [5.41, 5.74) is 2.30. The van der Waals surface area contributed by atoms with Crippen LogP contribution in [0.2, 0.25) is 0 Å². The van der Waals surface area contributed by atoms with Gasteiger partial charge in [-0.3, -0.25) is 4.68 Å². The van der Waals surface area contributed by atoms with Crippen molar-refractivity contribution in [2.75, 3.05) is 0 Å². The average Bonchev–Trinajstić information content (AvgIpc) is 2.98. The summed E-state index contributed by atoms with van der Waals surface area (Å²) in [6.07, 6.45) is 5.57. The molecule has 0 aliphatic rings. The van der Waals surface area contributed by atoms with Gasteiger partial charge in [0.05, 0.1) is 24.1 Å². The van der Waals surface area contributed by atoms with Crippen molar-refractivity contribution in [1.29, 1.82) is 0 Å². The summed E-state index contributed by atoms with van der Waals surface area (Å²) in [4.78, 5) is 4.05. The number of aromatic nitrogens is 4. The lowest BCUT2D eigenvalue weighted by Crippen LogP contribution is -2.00. The maximum atomic E-state index is 4.65. The molecule has 0 saturated heterocycles. The van der Waals surface area contributed by atoms with E-state index in [1.807, 2.05) is 21.8 Å². The summed E-state index contributed by atoms with van der Waals surface area (Å²) in [7, 11) is 0. The highest BCUT2D eigenvalue weighted by molar-refractivity contribution is 5.81. The van der Waals surface area contributed by atoms with Gasteiger partial charge in [0.15, 0.2) is 0 Å². The predicted octanol–water partition coefficient (Wildman–Crippen LogP) is 2.30. The molecule has 0 amide bonds. The van der Waals surface area contributed by atoms with Gasteiger partial charge in [-0.2, -0.15) is 5.10 Å². The molecule has 0 N–H and O–H groups in total. The Kier molecular flexibility index (Phi) is 2.40. The van der Waals surface area contributed by atoms with E-state index >= 15 is 0 Å². The molecule has 4 heteroatoms. The van der Waals surface area contributed by atoms with Gasteiger partial charge in [-0.15, -0.1) is 0 Å². The molecule has 0 spiro atoms. The van der Waals surface area contributed by atoms with E-state index in [1.54, 1.807) is 6.20 Å². The Bertz CT molecular complexity index is 622. The van der Waals surface area contributed by atoms with Crippen LogP contribution in [0.1, 0.15) is 12.6 Å². The molecule has 2 heterocycles. The van der Waals surface area contributed by atoms with Gasteiger partial charge >= 0.3 is 0 Å². The van der Waals surface area contributed by atoms with Gasteiger partial charge in [0, 0.05) is 24.3 Å². The zero-order valence-electron chi connectivity index (χ0n) is 9.74. The molecule has 0 unspecified atom stereocenters. The van der Waals surface area contributed by atoms with E-state index < -0.39 is 0 Å². The van der Waals surface area contributed by atoms with E-state index in [0.29, 0.717) is 0 Å². The Morgan fingerprint density at radius 2 is 2.12 bits per heavy atom. The highest BCUT2D eigenvalue weighted by Crippen LogP contribution is 2.19. The number of imidazole rings is 1. The zero-order valence-corrected chi connectivity index (χ0v) is 9.74. The van der Waals surface area contributed by atoms with E-state index in [2.05, 4.69) is 41.3 Å². The van der Waals surface area contributed by atoms with Crippen LogP contribution in [-0.4, -0.2) is 19.3 Å². The Labute approximate surface area is 99.5 Å². The molecule has 0 fully saturated rings. The molecule has 0 aliphatic heterocycles. The molecule has 0 bridgehead atoms. The maximum Gasteiger partial charge on any atom is 0.0949 e. The third-order valence-corrected chi connectivity index (χ3v) is 2.93. The summed E-state index contributed by atoms with van der Waals surface area (Å²) < 4.78 is 4.08. The van der Waals surface area contributed by atoms with Crippen LogP contribution < -0.4 is 0 Å². The second-order valence-corrected chi connectivity index (χ2v) is 4.01. The quantitative estimate of drug-likeness (QED) is 0.687. The molecule has 2 aromatic heterocycles. The highest BCUT2D eigenvalue weighted by atomic mass is 15.3. The number of benzene rings is 1. The summed E-state index contributed by atoms with van der Waals surface area (Å²) in [6, 6.07) is 8.35. The van der Waals surface area contributed by atoms with Crippen molar-refractivity contribution in [3.8, 4) is 0 Å². The lowest BCUT2D eigenvalue weighted by Gasteiger charge is -1.98. The lowest BCUT2D eigenvalue weighted by molar-refractivity contribution is 0.653. The summed E-state index contributed by atoms with van der Waals surface area (Å²) in [6.45, 7) is 3.78. The fourth-order valence-electron chi connectivity index (χ4n) is 2.11. The number of rotatable bonds is 3. The van der Waals surface area contributed by atoms with Crippen molar-refractivity contribution < 1.29 is 0 Å². The van der Waals surface area contributed by atoms with Gasteiger partial charge in [-0.1, -0.05) is 18.2 Å². The second kappa shape index (κ2) is 4.05. The van der Waals surface area contributed by atoms with Gasteiger partial charge < -0.3 is 4.57 Å². The van der Waals surface area contributed by atoms with Crippen molar-refractivity contribution in [3.63, 3.8) is 0 Å². The molecule has 86 valence electrons. The Morgan fingerprint density at radius 1 is 1.24 bits per heavy atom. The third-order valence-electron chi connectivity index (χ3n) is 2.93. The van der Waals surface area contributed by atoms with Gasteiger partial charge in [0.2, 0.25) is 0 Å². The molecule has 3 rings (SSSR count). The van der Waals surface area contributed by atoms with Crippen LogP contribution in [0, 0.1) is 0 Å². The molecule has 0 radical (unpaired) electrons. The van der Waals surface area contributed by atoms with Gasteiger partial charge in [-0.25, -0.2) is 4.98 Å². The van der Waals surface area contributed by atoms with Crippen molar-refractivity contribution in [3.05, 3.63) is 48.7 Å². The normalized spacial score (nSPS) is 11.1. The highest BCUT2D eigenvalue weighted by Gasteiger charge is 2.08. The molecule has 0 saturated carbocycles. The van der Waals surface area contributed by atoms with E-state index in [9.17, 15) is 0 Å². The van der Waals surface area contributed by atoms with E-state index in [0.717, 1.165) is 18.8 Å². The van der Waals surface area contributed by atoms with E-state index in [4.69, 9.17) is 0 Å². The van der Waals surface area contributed by atoms with E-state index in [1.165, 1.54) is 10.9 Å². The monoisotopic (exact) mass is 226 g/mol. The van der Waals surface area contributed by atoms with Crippen molar-refractivity contribution in [2.45, 2.75) is 20.0 Å². The van der Waals surface area contributed by atoms with E-state index in [-0.39, 0.29) is 0 Å². The van der Waals surface area contributed by atoms with Crippen LogP contribution in [0.25, 0.3) is 10.9 Å². The minimum absolute atomic E-state index is 0.771. The third kappa shape index (κ3) is 1.71. The predicted molar refractivity (Wildman–Crippen MR) is 66.7 cm³/mol. The average molecular weight is 226 g/mol. The smallest absolute Gasteiger partial charge is 0.0949 e. The van der Waals surface area contributed by atoms with Crippen molar-refractivity contribution in [1.82, 2.24) is 19.3 Å². The topological polar surface area (TPSA) is 35.6 Å². The zero-order chi connectivity index (χ0) is 11.7. The molecule has 17 heavy (non-hydrogen) atoms. The minimum Gasteiger partial charge on any atom is -0.331 e. The Hall–Kier alpha value is -2.10. The number of aryl methyl sites for hydroxylation is 1. The first-order valence-electron chi connectivity index (χ1n) is 5.78. The SMILES string of the molecule is CCn1nc(Cn2ccnc2)c2ccccc21. The van der Waals surface area contributed by atoms with Crippen LogP contribution in [-0.2, 0) is 13.1 Å². The van der Waals surface area contributed by atoms with Crippen LogP contribution >= 0.6 is 0 Å². The first-order chi connectivity index (χ1) is 8.38. The van der Waals surface area contributed by atoms with Gasteiger partial charge in [0.25, 0.3) is 0 Å². The number of nitrogens with zero attached hydrogens (tertiary/aromatic N) is 4.